The number of carbonyl (C=O) groups is 3. The molecule has 2 amide bonds. The minimum atomic E-state index is -0.860. The first-order valence-corrected chi connectivity index (χ1v) is 10.1. The second kappa shape index (κ2) is 10.4. The molecule has 2 aromatic carbocycles. The number of fused-ring (bicyclic) bond motifs is 1. The van der Waals surface area contributed by atoms with Gasteiger partial charge in [-0.05, 0) is 49.0 Å². The molecule has 0 aliphatic heterocycles. The number of rotatable bonds is 7. The zero-order valence-corrected chi connectivity index (χ0v) is 17.0. The number of amides is 2. The van der Waals surface area contributed by atoms with E-state index in [-0.39, 0.29) is 18.6 Å². The molecule has 3 rings (SSSR count). The molecule has 1 aliphatic carbocycles. The van der Waals surface area contributed by atoms with E-state index >= 15 is 0 Å². The average molecular weight is 406 g/mol. The summed E-state index contributed by atoms with van der Waals surface area (Å²) in [5.41, 5.74) is 3.24. The molecule has 0 fully saturated rings. The van der Waals surface area contributed by atoms with Crippen molar-refractivity contribution in [2.75, 3.05) is 6.61 Å². The van der Waals surface area contributed by atoms with E-state index in [9.17, 15) is 14.4 Å². The number of hydrogen-bond acceptors (Lipinski definition) is 4. The third-order valence-corrected chi connectivity index (χ3v) is 4.99. The van der Waals surface area contributed by atoms with Crippen molar-refractivity contribution in [3.8, 4) is 0 Å². The maximum absolute atomic E-state index is 12.2. The average Bonchev–Trinajstić information content (AvgIpc) is 2.77. The molecule has 2 N–H and O–H groups in total. The first-order valence-electron chi connectivity index (χ1n) is 10.1. The van der Waals surface area contributed by atoms with Crippen LogP contribution >= 0.6 is 0 Å². The number of benzene rings is 2. The zero-order valence-electron chi connectivity index (χ0n) is 17.0. The lowest BCUT2D eigenvalue weighted by Crippen LogP contribution is -2.40. The van der Waals surface area contributed by atoms with Crippen molar-refractivity contribution in [2.24, 2.45) is 0 Å². The van der Waals surface area contributed by atoms with E-state index in [2.05, 4.69) is 16.7 Å². The Morgan fingerprint density at radius 2 is 1.83 bits per heavy atom. The predicted molar refractivity (Wildman–Crippen MR) is 114 cm³/mol. The zero-order chi connectivity index (χ0) is 21.3. The van der Waals surface area contributed by atoms with Crippen LogP contribution in [0.5, 0.6) is 0 Å². The van der Waals surface area contributed by atoms with Crippen molar-refractivity contribution in [3.63, 3.8) is 0 Å². The van der Waals surface area contributed by atoms with Gasteiger partial charge in [0.1, 0.15) is 6.04 Å². The van der Waals surface area contributed by atoms with Gasteiger partial charge in [0.25, 0.3) is 5.91 Å². The fourth-order valence-corrected chi connectivity index (χ4v) is 3.46. The Hall–Kier alpha value is -3.41. The maximum atomic E-state index is 12.2. The smallest absolute Gasteiger partial charge is 0.328 e. The van der Waals surface area contributed by atoms with Crippen LogP contribution < -0.4 is 10.6 Å². The van der Waals surface area contributed by atoms with Gasteiger partial charge in [-0.2, -0.15) is 0 Å². The lowest BCUT2D eigenvalue weighted by Gasteiger charge is -2.26. The normalized spacial score (nSPS) is 16.4. The molecular formula is C24H26N2O4. The van der Waals surface area contributed by atoms with Gasteiger partial charge in [0.05, 0.1) is 6.04 Å². The summed E-state index contributed by atoms with van der Waals surface area (Å²) in [7, 11) is 0. The Morgan fingerprint density at radius 3 is 2.63 bits per heavy atom. The summed E-state index contributed by atoms with van der Waals surface area (Å²) in [6.45, 7) is 1.14. The number of hydrogen-bond donors (Lipinski definition) is 2. The molecule has 2 aromatic rings. The molecule has 0 aromatic heterocycles. The summed E-state index contributed by atoms with van der Waals surface area (Å²) < 4.78 is 5.07. The Bertz CT molecular complexity index is 924. The fraction of sp³-hybridized carbons (Fsp3) is 0.292. The van der Waals surface area contributed by atoms with E-state index in [0.717, 1.165) is 30.4 Å². The van der Waals surface area contributed by atoms with Crippen molar-refractivity contribution in [3.05, 3.63) is 77.4 Å². The molecule has 6 heteroatoms. The van der Waals surface area contributed by atoms with Gasteiger partial charge in [-0.1, -0.05) is 54.6 Å². The minimum absolute atomic E-state index is 0.0681. The highest BCUT2D eigenvalue weighted by Gasteiger charge is 2.22. The molecule has 2 atom stereocenters. The summed E-state index contributed by atoms with van der Waals surface area (Å²) in [5, 5.41) is 5.47. The lowest BCUT2D eigenvalue weighted by atomic mass is 9.88. The maximum Gasteiger partial charge on any atom is 0.328 e. The van der Waals surface area contributed by atoms with Crippen molar-refractivity contribution >= 4 is 23.9 Å². The van der Waals surface area contributed by atoms with E-state index in [4.69, 9.17) is 4.74 Å². The number of esters is 1. The van der Waals surface area contributed by atoms with Crippen LogP contribution in [0, 0.1) is 0 Å². The third kappa shape index (κ3) is 6.04. The van der Waals surface area contributed by atoms with Gasteiger partial charge in [0, 0.05) is 6.08 Å². The standard InChI is InChI=1S/C24H26N2O4/c1-17(25-22(27)15-14-18-8-3-2-4-9-18)24(29)30-16-23(28)26-21-13-7-11-19-10-5-6-12-20(19)21/h2-6,8-10,12,14-15,17,21H,7,11,13,16H2,1H3,(H,25,27)(H,26,28)/b15-14+/t17-,21-/m0/s1. The molecule has 30 heavy (non-hydrogen) atoms. The number of aryl methyl sites for hydroxylation is 1. The van der Waals surface area contributed by atoms with Crippen LogP contribution in [0.3, 0.4) is 0 Å². The van der Waals surface area contributed by atoms with Gasteiger partial charge in [-0.15, -0.1) is 0 Å². The summed E-state index contributed by atoms with van der Waals surface area (Å²) in [6.07, 6.45) is 5.88. The molecule has 1 aliphatic rings. The molecular weight excluding hydrogens is 380 g/mol. The van der Waals surface area contributed by atoms with Crippen molar-refractivity contribution in [1.29, 1.82) is 0 Å². The monoisotopic (exact) mass is 406 g/mol. The molecule has 6 nitrogen and oxygen atoms in total. The van der Waals surface area contributed by atoms with Gasteiger partial charge in [-0.3, -0.25) is 9.59 Å². The highest BCUT2D eigenvalue weighted by molar-refractivity contribution is 5.94. The first kappa shape index (κ1) is 21.3. The first-order chi connectivity index (χ1) is 14.5. The van der Waals surface area contributed by atoms with Gasteiger partial charge >= 0.3 is 5.97 Å². The Kier molecular flexibility index (Phi) is 7.38. The molecule has 0 saturated carbocycles. The van der Waals surface area contributed by atoms with Gasteiger partial charge in [0.2, 0.25) is 5.91 Å². The largest absolute Gasteiger partial charge is 0.454 e. The van der Waals surface area contributed by atoms with Crippen LogP contribution in [-0.4, -0.2) is 30.4 Å². The molecule has 156 valence electrons. The molecule has 0 radical (unpaired) electrons. The quantitative estimate of drug-likeness (QED) is 0.547. The summed E-state index contributed by atoms with van der Waals surface area (Å²) >= 11 is 0. The van der Waals surface area contributed by atoms with Gasteiger partial charge in [0.15, 0.2) is 6.61 Å². The number of nitrogens with one attached hydrogen (secondary N) is 2. The van der Waals surface area contributed by atoms with Crippen LogP contribution in [0.15, 0.2) is 60.7 Å². The van der Waals surface area contributed by atoms with Gasteiger partial charge in [-0.25, -0.2) is 4.79 Å². The van der Waals surface area contributed by atoms with Gasteiger partial charge < -0.3 is 15.4 Å². The van der Waals surface area contributed by atoms with E-state index in [0.29, 0.717) is 0 Å². The Labute approximate surface area is 176 Å². The molecule has 0 unspecified atom stereocenters. The molecule has 0 saturated heterocycles. The van der Waals surface area contributed by atoms with Crippen LogP contribution in [0.25, 0.3) is 6.08 Å². The lowest BCUT2D eigenvalue weighted by molar-refractivity contribution is -0.151. The highest BCUT2D eigenvalue weighted by Crippen LogP contribution is 2.29. The van der Waals surface area contributed by atoms with Crippen molar-refractivity contribution in [1.82, 2.24) is 10.6 Å². The van der Waals surface area contributed by atoms with Crippen molar-refractivity contribution in [2.45, 2.75) is 38.3 Å². The summed E-state index contributed by atoms with van der Waals surface area (Å²) in [6, 6.07) is 16.5. The summed E-state index contributed by atoms with van der Waals surface area (Å²) in [5.74, 6) is -1.42. The van der Waals surface area contributed by atoms with Crippen LogP contribution in [0.1, 0.15) is 42.5 Å². The molecule has 0 bridgehead atoms. The third-order valence-electron chi connectivity index (χ3n) is 4.99. The second-order valence-electron chi connectivity index (χ2n) is 7.29. The molecule has 0 heterocycles. The predicted octanol–water partition coefficient (Wildman–Crippen LogP) is 2.94. The minimum Gasteiger partial charge on any atom is -0.454 e. The number of carbonyl (C=O) groups excluding carboxylic acids is 3. The second-order valence-corrected chi connectivity index (χ2v) is 7.29. The summed E-state index contributed by atoms with van der Waals surface area (Å²) in [4.78, 5) is 36.3. The van der Waals surface area contributed by atoms with E-state index < -0.39 is 17.9 Å². The van der Waals surface area contributed by atoms with E-state index in [1.54, 1.807) is 6.08 Å². The fourth-order valence-electron chi connectivity index (χ4n) is 3.46. The van der Waals surface area contributed by atoms with Crippen molar-refractivity contribution < 1.29 is 19.1 Å². The topological polar surface area (TPSA) is 84.5 Å². The van der Waals surface area contributed by atoms with Crippen LogP contribution in [0.2, 0.25) is 0 Å². The van der Waals surface area contributed by atoms with E-state index in [1.807, 2.05) is 48.5 Å². The Balaban J connectivity index is 1.43. The highest BCUT2D eigenvalue weighted by atomic mass is 16.5. The van der Waals surface area contributed by atoms with Crippen LogP contribution in [-0.2, 0) is 25.5 Å². The SMILES string of the molecule is C[C@H](NC(=O)/C=C/c1ccccc1)C(=O)OCC(=O)N[C@H]1CCCc2ccccc21. The van der Waals surface area contributed by atoms with Crippen LogP contribution in [0.4, 0.5) is 0 Å². The Morgan fingerprint density at radius 1 is 1.10 bits per heavy atom. The molecule has 0 spiro atoms. The van der Waals surface area contributed by atoms with E-state index in [1.165, 1.54) is 18.6 Å². The number of ether oxygens (including phenoxy) is 1.